The average Bonchev–Trinajstić information content (AvgIpc) is 3.54. The van der Waals surface area contributed by atoms with E-state index in [4.69, 9.17) is 4.74 Å². The Labute approximate surface area is 203 Å². The van der Waals surface area contributed by atoms with Gasteiger partial charge in [0.05, 0.1) is 11.9 Å². The van der Waals surface area contributed by atoms with Gasteiger partial charge in [-0.25, -0.2) is 14.6 Å². The molecule has 0 saturated carbocycles. The van der Waals surface area contributed by atoms with Gasteiger partial charge >= 0.3 is 12.1 Å². The molecule has 2 aromatic heterocycles. The first-order valence-corrected chi connectivity index (χ1v) is 11.4. The molecule has 3 N–H and O–H groups in total. The average molecular weight is 490 g/mol. The summed E-state index contributed by atoms with van der Waals surface area (Å²) in [5.74, 6) is -1.91. The van der Waals surface area contributed by atoms with Crippen LogP contribution < -0.4 is 10.6 Å². The first-order valence-electron chi connectivity index (χ1n) is 10.6. The maximum atomic E-state index is 12.5. The van der Waals surface area contributed by atoms with Crippen LogP contribution in [0.5, 0.6) is 0 Å². The molecule has 10 nitrogen and oxygen atoms in total. The number of carbonyl (C=O) groups is 3. The summed E-state index contributed by atoms with van der Waals surface area (Å²) in [7, 11) is 1.55. The summed E-state index contributed by atoms with van der Waals surface area (Å²) in [4.78, 5) is 40.5. The fraction of sp³-hybridized carbons (Fsp3) is 0.125. The van der Waals surface area contributed by atoms with Gasteiger partial charge in [0.2, 0.25) is 0 Å². The molecular formula is C24H19N5O5S. The van der Waals surface area contributed by atoms with Gasteiger partial charge in [0, 0.05) is 19.2 Å². The van der Waals surface area contributed by atoms with Crippen LogP contribution in [0.2, 0.25) is 0 Å². The minimum Gasteiger partial charge on any atom is -0.476 e. The molecule has 0 fully saturated rings. The maximum absolute atomic E-state index is 12.5. The molecule has 0 aliphatic heterocycles. The van der Waals surface area contributed by atoms with E-state index in [9.17, 15) is 19.5 Å². The molecule has 0 radical (unpaired) electrons. The molecule has 11 heteroatoms. The van der Waals surface area contributed by atoms with Crippen LogP contribution in [0.25, 0.3) is 11.1 Å². The van der Waals surface area contributed by atoms with Crippen LogP contribution in [0.15, 0.2) is 60.9 Å². The zero-order chi connectivity index (χ0) is 24.5. The summed E-state index contributed by atoms with van der Waals surface area (Å²) < 4.78 is 6.78. The Morgan fingerprint density at radius 2 is 1.71 bits per heavy atom. The van der Waals surface area contributed by atoms with E-state index in [1.54, 1.807) is 7.05 Å². The molecule has 1 aliphatic carbocycles. The second kappa shape index (κ2) is 9.03. The van der Waals surface area contributed by atoms with Gasteiger partial charge in [0.1, 0.15) is 11.5 Å². The van der Waals surface area contributed by atoms with E-state index in [-0.39, 0.29) is 33.9 Å². The van der Waals surface area contributed by atoms with Crippen LogP contribution >= 0.6 is 11.3 Å². The molecule has 5 rings (SSSR count). The number of nitrogens with one attached hydrogen (secondary N) is 2. The van der Waals surface area contributed by atoms with Crippen LogP contribution in [0.3, 0.4) is 0 Å². The van der Waals surface area contributed by atoms with Crippen molar-refractivity contribution < 1.29 is 24.2 Å². The van der Waals surface area contributed by atoms with E-state index in [1.807, 2.05) is 36.4 Å². The highest BCUT2D eigenvalue weighted by molar-refractivity contribution is 7.17. The first-order chi connectivity index (χ1) is 16.9. The van der Waals surface area contributed by atoms with E-state index in [0.717, 1.165) is 33.6 Å². The fourth-order valence-corrected chi connectivity index (χ4v) is 4.78. The highest BCUT2D eigenvalue weighted by atomic mass is 32.1. The monoisotopic (exact) mass is 489 g/mol. The lowest BCUT2D eigenvalue weighted by Crippen LogP contribution is -2.17. The van der Waals surface area contributed by atoms with Gasteiger partial charge < -0.3 is 15.2 Å². The second-order valence-electron chi connectivity index (χ2n) is 7.80. The molecule has 35 heavy (non-hydrogen) atoms. The number of hydrogen-bond acceptors (Lipinski definition) is 7. The van der Waals surface area contributed by atoms with E-state index >= 15 is 0 Å². The van der Waals surface area contributed by atoms with Crippen molar-refractivity contribution in [2.75, 3.05) is 17.2 Å². The molecule has 0 spiro atoms. The smallest absolute Gasteiger partial charge is 0.413 e. The van der Waals surface area contributed by atoms with Gasteiger partial charge in [-0.1, -0.05) is 59.9 Å². The first kappa shape index (κ1) is 22.3. The third-order valence-corrected chi connectivity index (χ3v) is 6.47. The number of thiazole rings is 1. The lowest BCUT2D eigenvalue weighted by atomic mass is 9.98. The number of amides is 2. The number of anilines is 2. The standard InChI is InChI=1S/C24H19N5O5S/c1-29-11-18(20(28-29)22(31)32)26-21(30)19-10-25-23(35-19)27-24(33)34-12-17-15-8-4-2-6-13(15)14-7-3-5-9-16(14)17/h2-11,17H,12H2,1H3,(H,26,30)(H,31,32)(H,25,27,33). The number of carboxylic acid groups (broad SMARTS) is 1. The molecule has 1 aliphatic rings. The van der Waals surface area contributed by atoms with Crippen molar-refractivity contribution in [3.63, 3.8) is 0 Å². The van der Waals surface area contributed by atoms with Gasteiger partial charge in [-0.2, -0.15) is 5.10 Å². The van der Waals surface area contributed by atoms with Crippen LogP contribution in [-0.4, -0.2) is 44.4 Å². The number of aromatic nitrogens is 3. The van der Waals surface area contributed by atoms with Crippen LogP contribution in [0, 0.1) is 0 Å². The topological polar surface area (TPSA) is 135 Å². The predicted molar refractivity (Wildman–Crippen MR) is 129 cm³/mol. The van der Waals surface area contributed by atoms with Gasteiger partial charge in [-0.3, -0.25) is 14.8 Å². The van der Waals surface area contributed by atoms with Crippen molar-refractivity contribution in [1.82, 2.24) is 14.8 Å². The summed E-state index contributed by atoms with van der Waals surface area (Å²) in [5, 5.41) is 18.2. The minimum absolute atomic E-state index is 0.0597. The predicted octanol–water partition coefficient (Wildman–Crippen LogP) is 4.19. The van der Waals surface area contributed by atoms with E-state index in [2.05, 4.69) is 32.8 Å². The minimum atomic E-state index is -1.26. The van der Waals surface area contributed by atoms with E-state index in [1.165, 1.54) is 17.1 Å². The number of carboxylic acids is 1. The number of aryl methyl sites for hydroxylation is 1. The van der Waals surface area contributed by atoms with Crippen LogP contribution in [-0.2, 0) is 11.8 Å². The third-order valence-electron chi connectivity index (χ3n) is 5.56. The number of fused-ring (bicyclic) bond motifs is 3. The normalized spacial score (nSPS) is 12.0. The molecule has 0 saturated heterocycles. The van der Waals surface area contributed by atoms with Gasteiger partial charge in [0.15, 0.2) is 10.8 Å². The van der Waals surface area contributed by atoms with Crippen molar-refractivity contribution >= 4 is 40.1 Å². The van der Waals surface area contributed by atoms with Crippen LogP contribution in [0.4, 0.5) is 15.6 Å². The molecule has 0 bridgehead atoms. The summed E-state index contributed by atoms with van der Waals surface area (Å²) in [6.07, 6.45) is 1.99. The Balaban J connectivity index is 1.22. The number of rotatable bonds is 6. The maximum Gasteiger partial charge on any atom is 0.413 e. The van der Waals surface area contributed by atoms with E-state index in [0.29, 0.717) is 0 Å². The number of hydrogen-bond donors (Lipinski definition) is 3. The Morgan fingerprint density at radius 1 is 1.06 bits per heavy atom. The molecule has 2 heterocycles. The number of ether oxygens (including phenoxy) is 1. The Bertz CT molecular complexity index is 1410. The molecule has 176 valence electrons. The van der Waals surface area contributed by atoms with Crippen molar-refractivity contribution in [3.8, 4) is 11.1 Å². The second-order valence-corrected chi connectivity index (χ2v) is 8.84. The molecule has 2 amide bonds. The summed E-state index contributed by atoms with van der Waals surface area (Å²) in [6, 6.07) is 16.1. The van der Waals surface area contributed by atoms with Crippen molar-refractivity contribution in [1.29, 1.82) is 0 Å². The molecule has 0 unspecified atom stereocenters. The lowest BCUT2D eigenvalue weighted by Gasteiger charge is -2.14. The SMILES string of the molecule is Cn1cc(NC(=O)c2cnc(NC(=O)OCC3c4ccccc4-c4ccccc43)s2)c(C(=O)O)n1. The Kier molecular flexibility index (Phi) is 5.75. The molecule has 4 aromatic rings. The Morgan fingerprint density at radius 3 is 2.37 bits per heavy atom. The quantitative estimate of drug-likeness (QED) is 0.370. The lowest BCUT2D eigenvalue weighted by molar-refractivity contribution is 0.0690. The van der Waals surface area contributed by atoms with E-state index < -0.39 is 18.0 Å². The number of benzene rings is 2. The number of carbonyl (C=O) groups excluding carboxylic acids is 2. The highest BCUT2D eigenvalue weighted by Crippen LogP contribution is 2.44. The largest absolute Gasteiger partial charge is 0.476 e. The van der Waals surface area contributed by atoms with Crippen molar-refractivity contribution in [2.24, 2.45) is 7.05 Å². The Hall–Kier alpha value is -4.51. The van der Waals surface area contributed by atoms with Gasteiger partial charge in [-0.15, -0.1) is 0 Å². The number of aromatic carboxylic acids is 1. The zero-order valence-corrected chi connectivity index (χ0v) is 19.2. The van der Waals surface area contributed by atoms with Gasteiger partial charge in [0.25, 0.3) is 5.91 Å². The zero-order valence-electron chi connectivity index (χ0n) is 18.4. The summed E-state index contributed by atoms with van der Waals surface area (Å²) in [5.41, 5.74) is 4.25. The molecule has 0 atom stereocenters. The fourth-order valence-electron chi connectivity index (χ4n) is 4.08. The van der Waals surface area contributed by atoms with Crippen molar-refractivity contribution in [3.05, 3.63) is 82.6 Å². The summed E-state index contributed by atoms with van der Waals surface area (Å²) in [6.45, 7) is 0.150. The number of nitrogens with zero attached hydrogens (tertiary/aromatic N) is 3. The highest BCUT2D eigenvalue weighted by Gasteiger charge is 2.29. The van der Waals surface area contributed by atoms with Crippen molar-refractivity contribution in [2.45, 2.75) is 5.92 Å². The molecule has 2 aromatic carbocycles. The van der Waals surface area contributed by atoms with Gasteiger partial charge in [-0.05, 0) is 22.3 Å². The van der Waals surface area contributed by atoms with Crippen LogP contribution in [0.1, 0.15) is 37.2 Å². The molecular weight excluding hydrogens is 470 g/mol. The summed E-state index contributed by atoms with van der Waals surface area (Å²) >= 11 is 0.935. The third kappa shape index (κ3) is 4.36.